The van der Waals surface area contributed by atoms with E-state index in [1.54, 1.807) is 62.8 Å². The molecule has 0 saturated carbocycles. The van der Waals surface area contributed by atoms with Crippen LogP contribution >= 0.6 is 46.9 Å². The predicted molar refractivity (Wildman–Crippen MR) is 430 cm³/mol. The summed E-state index contributed by atoms with van der Waals surface area (Å²) in [5.74, 6) is 3.19. The van der Waals surface area contributed by atoms with Crippen molar-refractivity contribution in [1.82, 2.24) is 60.5 Å². The zero-order valence-electron chi connectivity index (χ0n) is 64.0. The first kappa shape index (κ1) is 84.9. The molecule has 112 heavy (non-hydrogen) atoms. The van der Waals surface area contributed by atoms with E-state index >= 15 is 0 Å². The molecule has 2 aliphatic rings. The number of amides is 2. The van der Waals surface area contributed by atoms with Gasteiger partial charge in [0, 0.05) is 86.5 Å². The largest absolute Gasteiger partial charge is 0.480 e. The van der Waals surface area contributed by atoms with Crippen LogP contribution < -0.4 is 16.4 Å². The van der Waals surface area contributed by atoms with E-state index in [0.717, 1.165) is 108 Å². The molecule has 8 aromatic heterocycles. The lowest BCUT2D eigenvalue weighted by Crippen LogP contribution is -2.45. The Hall–Kier alpha value is -9.57. The number of benzene rings is 3. The molecule has 0 aliphatic carbocycles. The predicted octanol–water partition coefficient (Wildman–Crippen LogP) is 15.5. The van der Waals surface area contributed by atoms with Crippen molar-refractivity contribution in [3.63, 3.8) is 0 Å². The second kappa shape index (κ2) is 40.2. The SMILES string of the molecule is CC(C)(C)OC(=O)N[C@@H](CSCCCC1(c2ncco2)OCCO1)C(=O)O.Cc1ccc2cc(-c3cnc([C@@H](N)CSCCCC(=O)c4ncco4)[nH]3)ccc2n1.Cc1ccc2cc(-c3cnc([C@H](CSCCCC4(c5ncco5)OCCO4)NC(=O)OC(C)(C)C)[nH]3)ccc2n1.Cc1ccc2cc(C(=O)CCl)ccc2n1. The van der Waals surface area contributed by atoms with E-state index in [-0.39, 0.29) is 41.2 Å². The molecular weight excluding hydrogens is 1510 g/mol. The zero-order chi connectivity index (χ0) is 79.8. The first-order chi connectivity index (χ1) is 53.7. The highest BCUT2D eigenvalue weighted by molar-refractivity contribution is 7.99. The summed E-state index contributed by atoms with van der Waals surface area (Å²) in [6.45, 7) is 18.5. The second-order valence-corrected chi connectivity index (χ2v) is 31.9. The minimum Gasteiger partial charge on any atom is -0.480 e. The lowest BCUT2D eigenvalue weighted by atomic mass is 10.1. The number of nitrogens with zero attached hydrogens (tertiary/aromatic N) is 8. The van der Waals surface area contributed by atoms with Crippen molar-refractivity contribution in [2.45, 2.75) is 142 Å². The van der Waals surface area contributed by atoms with Crippen molar-refractivity contribution in [3.8, 4) is 22.5 Å². The van der Waals surface area contributed by atoms with Gasteiger partial charge in [-0.3, -0.25) is 24.5 Å². The monoisotopic (exact) mass is 1610 g/mol. The Balaban J connectivity index is 0.000000166. The molecule has 7 N–H and O–H groups in total. The van der Waals surface area contributed by atoms with Crippen LogP contribution in [0.15, 0.2) is 154 Å². The van der Waals surface area contributed by atoms with Gasteiger partial charge in [-0.15, -0.1) is 11.6 Å². The maximum Gasteiger partial charge on any atom is 0.408 e. The highest BCUT2D eigenvalue weighted by Gasteiger charge is 2.44. The van der Waals surface area contributed by atoms with Crippen molar-refractivity contribution in [2.75, 3.05) is 66.8 Å². The number of nitrogens with one attached hydrogen (secondary N) is 4. The van der Waals surface area contributed by atoms with Gasteiger partial charge in [0.2, 0.25) is 17.4 Å². The standard InChI is InChI=1S/C29H35N5O5S.C22H23N5O2S.C17H26N2O7S.C12H10ClNO/c1-19-6-7-20-16-21(8-9-22(20)32-19)23-17-31-25(33-23)24(34-27(35)39-28(2,3)4)18-40-15-5-10-29(37-13-14-38-29)26-30-11-12-36-26;1-14-4-5-15-11-16(6-7-18(15)26-14)19-12-25-21(27-19)17(23)13-30-10-2-3-20(28)22-24-8-9-29-22;1-16(2,3)26-15(22)19-12(13(20)21)11-27-10-4-5-17(24-8-9-25-17)14-18-6-7-23-14;1-8-2-3-9-6-10(12(15)7-13)4-5-11(9)14-8/h6-9,11-12,16-17,24H,5,10,13-15,18H2,1-4H3,(H,31,33)(H,34,35);4-9,11-12,17H,2-3,10,13,23H2,1H3,(H,25,27);6-7,12H,4-5,8-11H2,1-3H3,(H,19,22)(H,20,21);2-6H,7H2,1H3/t24-;17-;12-;/m000./s1. The number of imidazole rings is 2. The average Bonchev–Trinajstić information content (AvgIpc) is 1.59. The Morgan fingerprint density at radius 1 is 0.554 bits per heavy atom. The van der Waals surface area contributed by atoms with Crippen LogP contribution in [0.2, 0.25) is 0 Å². The van der Waals surface area contributed by atoms with Gasteiger partial charge in [-0.1, -0.05) is 30.3 Å². The molecule has 32 heteroatoms. The number of halogens is 1. The number of thioether (sulfide) groups is 3. The maximum atomic E-state index is 12.7. The smallest absolute Gasteiger partial charge is 0.408 e. The summed E-state index contributed by atoms with van der Waals surface area (Å²) in [7, 11) is 0. The van der Waals surface area contributed by atoms with E-state index in [4.69, 9.17) is 59.0 Å². The van der Waals surface area contributed by atoms with Gasteiger partial charge in [-0.2, -0.15) is 35.3 Å². The molecule has 10 heterocycles. The Kier molecular flexibility index (Phi) is 30.5. The van der Waals surface area contributed by atoms with Crippen molar-refractivity contribution < 1.29 is 70.8 Å². The number of carboxylic acid groups (broad SMARTS) is 1. The number of carbonyl (C=O) groups is 5. The molecule has 3 atom stereocenters. The first-order valence-corrected chi connectivity index (χ1v) is 40.5. The zero-order valence-corrected chi connectivity index (χ0v) is 67.2. The maximum absolute atomic E-state index is 12.7. The number of ether oxygens (including phenoxy) is 6. The third kappa shape index (κ3) is 25.0. The number of aromatic nitrogens is 10. The summed E-state index contributed by atoms with van der Waals surface area (Å²) < 4.78 is 49.6. The number of nitrogens with two attached hydrogens (primary N) is 1. The summed E-state index contributed by atoms with van der Waals surface area (Å²) in [5.41, 5.74) is 15.3. The molecule has 594 valence electrons. The minimum atomic E-state index is -1.10. The third-order valence-corrected chi connectivity index (χ3v) is 20.7. The number of alkyl carbamates (subject to hydrolysis) is 2. The number of alkyl halides is 1. The second-order valence-electron chi connectivity index (χ2n) is 28.2. The summed E-state index contributed by atoms with van der Waals surface area (Å²) in [5, 5.41) is 17.8. The van der Waals surface area contributed by atoms with Crippen molar-refractivity contribution >= 4 is 109 Å². The number of carboxylic acids is 1. The van der Waals surface area contributed by atoms with Gasteiger partial charge in [-0.25, -0.2) is 39.3 Å². The van der Waals surface area contributed by atoms with Gasteiger partial charge in [0.05, 0.1) is 103 Å². The number of hydrogen-bond donors (Lipinski definition) is 6. The van der Waals surface area contributed by atoms with Crippen LogP contribution in [0.3, 0.4) is 0 Å². The number of aliphatic carboxylic acids is 1. The molecule has 0 spiro atoms. The number of H-pyrrole nitrogens is 2. The summed E-state index contributed by atoms with van der Waals surface area (Å²) >= 11 is 10.3. The Labute approximate surface area is 666 Å². The number of aryl methyl sites for hydroxylation is 3. The average molecular weight is 1610 g/mol. The van der Waals surface area contributed by atoms with Gasteiger partial charge in [0.15, 0.2) is 5.78 Å². The van der Waals surface area contributed by atoms with Gasteiger partial charge in [-0.05, 0) is 159 Å². The number of oxazole rings is 3. The molecule has 2 aliphatic heterocycles. The topological polar surface area (TPSA) is 385 Å². The number of fused-ring (bicyclic) bond motifs is 3. The van der Waals surface area contributed by atoms with Gasteiger partial charge in [0.1, 0.15) is 47.7 Å². The Morgan fingerprint density at radius 2 is 1.01 bits per heavy atom. The van der Waals surface area contributed by atoms with Crippen LogP contribution in [0, 0.1) is 20.8 Å². The molecule has 2 saturated heterocycles. The Morgan fingerprint density at radius 3 is 1.49 bits per heavy atom. The number of pyridine rings is 3. The van der Waals surface area contributed by atoms with Gasteiger partial charge in [0.25, 0.3) is 17.7 Å². The molecule has 11 aromatic rings. The summed E-state index contributed by atoms with van der Waals surface area (Å²) in [6, 6.07) is 28.2. The van der Waals surface area contributed by atoms with Gasteiger partial charge >= 0.3 is 18.2 Å². The van der Waals surface area contributed by atoms with Crippen molar-refractivity contribution in [2.24, 2.45) is 5.73 Å². The third-order valence-electron chi connectivity index (χ3n) is 16.9. The van der Waals surface area contributed by atoms with Crippen molar-refractivity contribution in [1.29, 1.82) is 0 Å². The van der Waals surface area contributed by atoms with E-state index in [1.165, 1.54) is 42.9 Å². The summed E-state index contributed by atoms with van der Waals surface area (Å²) in [4.78, 5) is 101. The molecular formula is C80H94ClN13O15S3. The Bertz CT molecular complexity index is 4870. The van der Waals surface area contributed by atoms with E-state index < -0.39 is 47.0 Å². The van der Waals surface area contributed by atoms with Crippen LogP contribution in [-0.4, -0.2) is 169 Å². The minimum absolute atomic E-state index is 0.0186. The number of rotatable bonds is 30. The van der Waals surface area contributed by atoms with Crippen LogP contribution in [-0.2, 0) is 44.8 Å². The number of aromatic amines is 2. The van der Waals surface area contributed by atoms with Crippen LogP contribution in [0.5, 0.6) is 0 Å². The highest BCUT2D eigenvalue weighted by Crippen LogP contribution is 2.38. The van der Waals surface area contributed by atoms with E-state index in [9.17, 15) is 29.1 Å². The molecule has 2 fully saturated rings. The van der Waals surface area contributed by atoms with E-state index in [2.05, 4.69) is 84.7 Å². The number of carbonyl (C=O) groups excluding carboxylic acids is 4. The summed E-state index contributed by atoms with van der Waals surface area (Å²) in [6.07, 6.45) is 15.2. The fourth-order valence-corrected chi connectivity index (χ4v) is 14.7. The quantitative estimate of drug-likeness (QED) is 0.0138. The number of hydrogen-bond acceptors (Lipinski definition) is 26. The van der Waals surface area contributed by atoms with E-state index in [0.29, 0.717) is 86.8 Å². The normalized spacial score (nSPS) is 14.6. The molecule has 0 bridgehead atoms. The van der Waals surface area contributed by atoms with Crippen LogP contribution in [0.1, 0.15) is 154 Å². The van der Waals surface area contributed by atoms with Crippen molar-refractivity contribution in [3.05, 3.63) is 193 Å². The fourth-order valence-electron chi connectivity index (χ4n) is 11.7. The number of Topliss-reactive ketones (excluding diaryl/α,β-unsaturated/α-hetero) is 2. The first-order valence-electron chi connectivity index (χ1n) is 36.5. The molecule has 0 radical (unpaired) electrons. The fraction of sp³-hybridized carbons (Fsp3) is 0.412. The lowest BCUT2D eigenvalue weighted by Gasteiger charge is -2.24. The van der Waals surface area contributed by atoms with Crippen LogP contribution in [0.25, 0.3) is 55.2 Å². The van der Waals surface area contributed by atoms with Gasteiger partial charge < -0.3 is 73.1 Å². The molecule has 2 amide bonds. The van der Waals surface area contributed by atoms with E-state index in [1.807, 2.05) is 108 Å². The highest BCUT2D eigenvalue weighted by atomic mass is 35.5. The lowest BCUT2D eigenvalue weighted by molar-refractivity contribution is -0.186. The molecule has 3 aromatic carbocycles. The molecule has 28 nitrogen and oxygen atoms in total. The van der Waals surface area contributed by atoms with Crippen LogP contribution in [0.4, 0.5) is 9.59 Å². The molecule has 0 unspecified atom stereocenters. The number of ketones is 2. The molecule has 13 rings (SSSR count).